The van der Waals surface area contributed by atoms with E-state index in [4.69, 9.17) is 16.1 Å². The smallest absolute Gasteiger partial charge is 0.329 e. The van der Waals surface area contributed by atoms with Crippen LogP contribution >= 0.6 is 0 Å². The normalized spacial score (nSPS) is 22.7. The monoisotopic (exact) mass is 1020 g/mol. The summed E-state index contributed by atoms with van der Waals surface area (Å²) in [6.07, 6.45) is 18.3. The number of aryl methyl sites for hydroxylation is 1. The third-order valence-electron chi connectivity index (χ3n) is 17.4. The molecular formula is C57H65F2N11O5. The average Bonchev–Trinajstić information content (AvgIpc) is 3.89. The second-order valence-corrected chi connectivity index (χ2v) is 22.1. The number of phenolic OH excluding ortho intramolecular Hbond substituents is 1. The third kappa shape index (κ3) is 9.67. The van der Waals surface area contributed by atoms with E-state index in [2.05, 4.69) is 58.3 Å². The number of imide groups is 1. The number of phenols is 1. The Hall–Kier alpha value is -6.68. The molecule has 3 unspecified atom stereocenters. The first-order chi connectivity index (χ1) is 36.4. The molecular weight excluding hydrogens is 957 g/mol. The molecule has 0 radical (unpaired) electrons. The van der Waals surface area contributed by atoms with E-state index in [0.29, 0.717) is 78.7 Å². The standard InChI is InChI=1S/C57H65F2N11O5/c1-3-42-45(58)8-4-37-27-41(71)29-43(50(37)42)52-51(59)53-44(30-60-52)54(69-32-38-5-6-39(33-69)61-38)64-56(63-53)75-25-24-66-18-12-34(13-19-66)26-35-14-20-67(21-15-35)31-36-16-22-68(23-17-36)40-7-9-46-48(28-40)65(2)57(74)70(46)47-10-11-49(72)62-55(47)73/h1,4,7-9,27-30,34-36,38-39,47,61,71H,5-6,10-26,31-33H2,2H3,(H,62,72,73). The number of imidazole rings is 1. The van der Waals surface area contributed by atoms with Crippen molar-refractivity contribution in [2.24, 2.45) is 24.8 Å². The lowest BCUT2D eigenvalue weighted by molar-refractivity contribution is -0.135. The summed E-state index contributed by atoms with van der Waals surface area (Å²) < 4.78 is 41.5. The maximum absolute atomic E-state index is 17.0. The first kappa shape index (κ1) is 49.2. The quantitative estimate of drug-likeness (QED) is 0.0901. The highest BCUT2D eigenvalue weighted by Gasteiger charge is 2.36. The summed E-state index contributed by atoms with van der Waals surface area (Å²) in [6, 6.07) is 11.7. The van der Waals surface area contributed by atoms with Gasteiger partial charge >= 0.3 is 11.7 Å². The summed E-state index contributed by atoms with van der Waals surface area (Å²) in [5.41, 5.74) is 2.43. The zero-order valence-corrected chi connectivity index (χ0v) is 42.6. The van der Waals surface area contributed by atoms with Gasteiger partial charge in [-0.15, -0.1) is 6.42 Å². The van der Waals surface area contributed by atoms with Crippen molar-refractivity contribution >= 4 is 56.0 Å². The van der Waals surface area contributed by atoms with E-state index in [1.165, 1.54) is 43.5 Å². The number of carbonyl (C=O) groups is 2. The zero-order chi connectivity index (χ0) is 51.5. The summed E-state index contributed by atoms with van der Waals surface area (Å²) in [6.45, 7) is 9.87. The molecule has 6 aromatic rings. The SMILES string of the molecule is C#Cc1c(F)ccc2cc(O)cc(-c3ncc4c(N5CC6CCC(C5)N6)nc(OCCN5CCC(CC6CCN(CC7CCN(c8ccc9c(c8)n(C)c(=O)n9C8CCC(=O)NC8=O)CC7)CC6)CC5)nc4c3F)c12. The fourth-order valence-corrected chi connectivity index (χ4v) is 13.3. The van der Waals surface area contributed by atoms with Gasteiger partial charge in [-0.1, -0.05) is 12.0 Å². The lowest BCUT2D eigenvalue weighted by Crippen LogP contribution is -2.51. The molecule has 3 N–H and O–H groups in total. The van der Waals surface area contributed by atoms with Crippen molar-refractivity contribution in [3.63, 3.8) is 0 Å². The van der Waals surface area contributed by atoms with Gasteiger partial charge < -0.3 is 29.9 Å². The number of hydrogen-bond acceptors (Lipinski definition) is 13. The maximum Gasteiger partial charge on any atom is 0.329 e. The lowest BCUT2D eigenvalue weighted by Gasteiger charge is -2.39. The van der Waals surface area contributed by atoms with Gasteiger partial charge in [0.2, 0.25) is 11.8 Å². The molecule has 6 fully saturated rings. The maximum atomic E-state index is 17.0. The van der Waals surface area contributed by atoms with Gasteiger partial charge in [0.05, 0.1) is 22.0 Å². The van der Waals surface area contributed by atoms with Gasteiger partial charge in [-0.05, 0) is 150 Å². The summed E-state index contributed by atoms with van der Waals surface area (Å²) in [7, 11) is 1.75. The Kier molecular flexibility index (Phi) is 13.4. The van der Waals surface area contributed by atoms with Crippen molar-refractivity contribution in [1.29, 1.82) is 0 Å². The minimum atomic E-state index is -0.727. The van der Waals surface area contributed by atoms with Gasteiger partial charge in [0, 0.05) is 87.7 Å². The molecule has 3 aromatic heterocycles. The zero-order valence-electron chi connectivity index (χ0n) is 42.6. The van der Waals surface area contributed by atoms with Crippen molar-refractivity contribution in [1.82, 2.24) is 44.5 Å². The van der Waals surface area contributed by atoms with Crippen LogP contribution in [0.3, 0.4) is 0 Å². The molecule has 6 aliphatic rings. The number of anilines is 2. The Morgan fingerprint density at radius 3 is 2.25 bits per heavy atom. The largest absolute Gasteiger partial charge is 0.508 e. The first-order valence-electron chi connectivity index (χ1n) is 27.1. The Labute approximate surface area is 434 Å². The molecule has 6 saturated heterocycles. The summed E-state index contributed by atoms with van der Waals surface area (Å²) >= 11 is 0. The second kappa shape index (κ2) is 20.5. The van der Waals surface area contributed by atoms with Gasteiger partial charge in [0.1, 0.15) is 41.2 Å². The van der Waals surface area contributed by atoms with Crippen LogP contribution in [0.4, 0.5) is 20.3 Å². The summed E-state index contributed by atoms with van der Waals surface area (Å²) in [5.74, 6) is 2.92. The van der Waals surface area contributed by atoms with Crippen LogP contribution in [0.5, 0.6) is 11.8 Å². The molecule has 16 nitrogen and oxygen atoms in total. The van der Waals surface area contributed by atoms with Gasteiger partial charge in [-0.3, -0.25) is 33.9 Å². The van der Waals surface area contributed by atoms with Crippen LogP contribution in [-0.4, -0.2) is 135 Å². The number of halogens is 2. The highest BCUT2D eigenvalue weighted by molar-refractivity contribution is 6.03. The van der Waals surface area contributed by atoms with Crippen molar-refractivity contribution < 1.29 is 28.2 Å². The number of likely N-dealkylation sites (tertiary alicyclic amines) is 2. The van der Waals surface area contributed by atoms with Crippen LogP contribution in [0, 0.1) is 41.7 Å². The number of piperazine rings is 1. The number of aromatic hydroxyl groups is 1. The number of nitrogens with zero attached hydrogens (tertiary/aromatic N) is 9. The number of aromatic nitrogens is 5. The molecule has 0 saturated carbocycles. The van der Waals surface area contributed by atoms with Gasteiger partial charge in [-0.2, -0.15) is 9.97 Å². The minimum absolute atomic E-state index is 0.0349. The number of piperidine rings is 4. The average molecular weight is 1020 g/mol. The Balaban J connectivity index is 0.625. The molecule has 3 atom stereocenters. The fourth-order valence-electron chi connectivity index (χ4n) is 13.3. The molecule has 6 aliphatic heterocycles. The summed E-state index contributed by atoms with van der Waals surface area (Å²) in [5, 5.41) is 17.9. The second-order valence-electron chi connectivity index (χ2n) is 22.1. The molecule has 9 heterocycles. The van der Waals surface area contributed by atoms with E-state index < -0.39 is 23.6 Å². The van der Waals surface area contributed by atoms with Crippen LogP contribution in [-0.2, 0) is 16.6 Å². The topological polar surface area (TPSA) is 166 Å². The number of amides is 2. The number of nitrogens with one attached hydrogen (secondary N) is 2. The van der Waals surface area contributed by atoms with Gasteiger partial charge in [0.25, 0.3) is 0 Å². The van der Waals surface area contributed by atoms with Crippen molar-refractivity contribution in [2.45, 2.75) is 88.8 Å². The lowest BCUT2D eigenvalue weighted by atomic mass is 9.82. The van der Waals surface area contributed by atoms with E-state index in [-0.39, 0.29) is 57.5 Å². The Morgan fingerprint density at radius 2 is 1.53 bits per heavy atom. The van der Waals surface area contributed by atoms with Crippen molar-refractivity contribution in [2.75, 3.05) is 81.9 Å². The number of fused-ring (bicyclic) bond motifs is 5. The molecule has 0 spiro atoms. The van der Waals surface area contributed by atoms with Gasteiger partial charge in [0.15, 0.2) is 5.82 Å². The highest BCUT2D eigenvalue weighted by atomic mass is 19.1. The van der Waals surface area contributed by atoms with E-state index in [9.17, 15) is 19.5 Å². The predicted octanol–water partition coefficient (Wildman–Crippen LogP) is 6.49. The summed E-state index contributed by atoms with van der Waals surface area (Å²) in [4.78, 5) is 61.6. The molecule has 18 heteroatoms. The number of rotatable bonds is 12. The number of carbonyl (C=O) groups excluding carboxylic acids is 2. The van der Waals surface area contributed by atoms with E-state index >= 15 is 8.78 Å². The number of benzene rings is 3. The molecule has 75 heavy (non-hydrogen) atoms. The van der Waals surface area contributed by atoms with Crippen LogP contribution in [0.15, 0.2) is 53.5 Å². The van der Waals surface area contributed by atoms with Crippen LogP contribution in [0.1, 0.15) is 82.2 Å². The predicted molar refractivity (Wildman–Crippen MR) is 284 cm³/mol. The molecule has 12 rings (SSSR count). The Bertz CT molecular complexity index is 3280. The van der Waals surface area contributed by atoms with Crippen molar-refractivity contribution in [3.8, 4) is 35.4 Å². The van der Waals surface area contributed by atoms with Crippen molar-refractivity contribution in [3.05, 3.63) is 76.3 Å². The Morgan fingerprint density at radius 1 is 0.813 bits per heavy atom. The number of ether oxygens (including phenoxy) is 1. The number of terminal acetylenes is 1. The fraction of sp³-hybridized carbons (Fsp3) is 0.509. The molecule has 2 amide bonds. The van der Waals surface area contributed by atoms with E-state index in [0.717, 1.165) is 101 Å². The molecule has 3 aromatic carbocycles. The molecule has 0 aliphatic carbocycles. The highest BCUT2D eigenvalue weighted by Crippen LogP contribution is 2.40. The third-order valence-corrected chi connectivity index (χ3v) is 17.4. The van der Waals surface area contributed by atoms with Crippen LogP contribution < -0.4 is 30.9 Å². The van der Waals surface area contributed by atoms with E-state index in [1.54, 1.807) is 22.4 Å². The number of pyridine rings is 1. The van der Waals surface area contributed by atoms with Crippen LogP contribution in [0.25, 0.3) is 44.0 Å². The number of hydrogen-bond donors (Lipinski definition) is 3. The first-order valence-corrected chi connectivity index (χ1v) is 27.1. The molecule has 392 valence electrons. The van der Waals surface area contributed by atoms with Crippen LogP contribution in [0.2, 0.25) is 0 Å². The molecule has 2 bridgehead atoms. The van der Waals surface area contributed by atoms with E-state index in [1.807, 2.05) is 6.07 Å². The van der Waals surface area contributed by atoms with Gasteiger partial charge in [-0.25, -0.2) is 13.6 Å². The minimum Gasteiger partial charge on any atom is -0.508 e.